The second kappa shape index (κ2) is 8.96. The molecule has 2 aromatic carbocycles. The van der Waals surface area contributed by atoms with Crippen molar-refractivity contribution in [2.75, 3.05) is 25.2 Å². The highest BCUT2D eigenvalue weighted by molar-refractivity contribution is 5.91. The summed E-state index contributed by atoms with van der Waals surface area (Å²) < 4.78 is 10.7. The molecule has 8 heteroatoms. The fourth-order valence-electron chi connectivity index (χ4n) is 3.53. The van der Waals surface area contributed by atoms with Crippen molar-refractivity contribution in [3.05, 3.63) is 58.6 Å². The quantitative estimate of drug-likeness (QED) is 0.524. The Morgan fingerprint density at radius 1 is 1.20 bits per heavy atom. The van der Waals surface area contributed by atoms with Gasteiger partial charge in [0, 0.05) is 11.8 Å². The molecule has 1 unspecified atom stereocenters. The van der Waals surface area contributed by atoms with Crippen LogP contribution in [0.4, 0.5) is 5.69 Å². The summed E-state index contributed by atoms with van der Waals surface area (Å²) in [6.07, 6.45) is 2.00. The molecule has 8 nitrogen and oxygen atoms in total. The first-order valence-corrected chi connectivity index (χ1v) is 10.1. The van der Waals surface area contributed by atoms with Gasteiger partial charge in [0.25, 0.3) is 11.5 Å². The number of benzene rings is 2. The summed E-state index contributed by atoms with van der Waals surface area (Å²) >= 11 is 0. The zero-order chi connectivity index (χ0) is 20.9. The number of amides is 1. The lowest BCUT2D eigenvalue weighted by Gasteiger charge is -2.18. The Balaban J connectivity index is 1.46. The summed E-state index contributed by atoms with van der Waals surface area (Å²) in [6.45, 7) is 3.85. The van der Waals surface area contributed by atoms with Crippen molar-refractivity contribution in [2.24, 2.45) is 0 Å². The van der Waals surface area contributed by atoms with Crippen molar-refractivity contribution < 1.29 is 19.2 Å². The number of H-pyrrole nitrogens is 1. The first-order chi connectivity index (χ1) is 14.6. The van der Waals surface area contributed by atoms with E-state index >= 15 is 0 Å². The van der Waals surface area contributed by atoms with Crippen molar-refractivity contribution >= 4 is 22.5 Å². The van der Waals surface area contributed by atoms with Crippen LogP contribution < -0.4 is 25.2 Å². The predicted octanol–water partition coefficient (Wildman–Crippen LogP) is 1.48. The van der Waals surface area contributed by atoms with Gasteiger partial charge in [-0.25, -0.2) is 4.98 Å². The van der Waals surface area contributed by atoms with E-state index in [9.17, 15) is 9.59 Å². The first-order valence-electron chi connectivity index (χ1n) is 10.1. The molecule has 0 spiro atoms. The van der Waals surface area contributed by atoms with Crippen molar-refractivity contribution in [3.8, 4) is 11.5 Å². The van der Waals surface area contributed by atoms with Gasteiger partial charge in [0.2, 0.25) is 6.79 Å². The van der Waals surface area contributed by atoms with Gasteiger partial charge in [0.15, 0.2) is 23.9 Å². The molecule has 1 aliphatic heterocycles. The van der Waals surface area contributed by atoms with Crippen molar-refractivity contribution in [1.29, 1.82) is 0 Å². The number of hydrogen-bond donors (Lipinski definition) is 3. The SMILES string of the molecule is CCCC[NH+](CC(=O)Nc1ccc2c(c1)OCO2)Cc1nc2ccccc2c(=O)[nH]1. The normalized spacial score (nSPS) is 13.4. The number of para-hydroxylation sites is 1. The van der Waals surface area contributed by atoms with E-state index in [0.717, 1.165) is 24.3 Å². The van der Waals surface area contributed by atoms with Crippen LogP contribution in [0.25, 0.3) is 10.9 Å². The van der Waals surface area contributed by atoms with Crippen molar-refractivity contribution in [2.45, 2.75) is 26.3 Å². The van der Waals surface area contributed by atoms with E-state index in [0.29, 0.717) is 40.5 Å². The number of nitrogens with one attached hydrogen (secondary N) is 3. The number of unbranched alkanes of at least 4 members (excludes halogenated alkanes) is 1. The van der Waals surface area contributed by atoms with Gasteiger partial charge < -0.3 is 24.7 Å². The average Bonchev–Trinajstić information content (AvgIpc) is 3.20. The largest absolute Gasteiger partial charge is 0.454 e. The third-order valence-electron chi connectivity index (χ3n) is 5.03. The van der Waals surface area contributed by atoms with Crippen LogP contribution >= 0.6 is 0 Å². The van der Waals surface area contributed by atoms with Gasteiger partial charge in [-0.1, -0.05) is 25.5 Å². The van der Waals surface area contributed by atoms with Crippen LogP contribution in [0.1, 0.15) is 25.6 Å². The minimum absolute atomic E-state index is 0.108. The summed E-state index contributed by atoms with van der Waals surface area (Å²) in [5.41, 5.74) is 1.17. The van der Waals surface area contributed by atoms with Gasteiger partial charge in [-0.3, -0.25) is 9.59 Å². The van der Waals surface area contributed by atoms with Crippen LogP contribution in [0.2, 0.25) is 0 Å². The Morgan fingerprint density at radius 2 is 2.03 bits per heavy atom. The second-order valence-corrected chi connectivity index (χ2v) is 7.35. The van der Waals surface area contributed by atoms with E-state index in [4.69, 9.17) is 9.47 Å². The van der Waals surface area contributed by atoms with E-state index in [2.05, 4.69) is 22.2 Å². The molecule has 3 aromatic rings. The number of rotatable bonds is 8. The minimum atomic E-state index is -0.157. The number of ether oxygens (including phenoxy) is 2. The maximum atomic E-state index is 12.7. The number of nitrogens with zero attached hydrogens (tertiary/aromatic N) is 1. The third-order valence-corrected chi connectivity index (χ3v) is 5.03. The Bertz CT molecular complexity index is 1110. The summed E-state index contributed by atoms with van der Waals surface area (Å²) in [4.78, 5) is 33.5. The fourth-order valence-corrected chi connectivity index (χ4v) is 3.53. The van der Waals surface area contributed by atoms with Crippen LogP contribution in [0, 0.1) is 0 Å². The van der Waals surface area contributed by atoms with Crippen LogP contribution in [0.15, 0.2) is 47.3 Å². The van der Waals surface area contributed by atoms with Crippen LogP contribution in [-0.2, 0) is 11.3 Å². The van der Waals surface area contributed by atoms with Gasteiger partial charge in [0.05, 0.1) is 17.4 Å². The number of anilines is 1. The predicted molar refractivity (Wildman–Crippen MR) is 113 cm³/mol. The smallest absolute Gasteiger partial charge is 0.279 e. The maximum absolute atomic E-state index is 12.7. The molecule has 3 N–H and O–H groups in total. The lowest BCUT2D eigenvalue weighted by molar-refractivity contribution is -0.906. The molecule has 1 aliphatic rings. The number of carbonyl (C=O) groups excluding carboxylic acids is 1. The van der Waals surface area contributed by atoms with Gasteiger partial charge >= 0.3 is 0 Å². The van der Waals surface area contributed by atoms with Gasteiger partial charge in [-0.05, 0) is 30.7 Å². The summed E-state index contributed by atoms with van der Waals surface area (Å²) in [5.74, 6) is 1.78. The number of fused-ring (bicyclic) bond motifs is 2. The number of quaternary nitrogens is 1. The zero-order valence-corrected chi connectivity index (χ0v) is 16.9. The molecule has 0 bridgehead atoms. The van der Waals surface area contributed by atoms with Crippen LogP contribution in [0.3, 0.4) is 0 Å². The number of carbonyl (C=O) groups is 1. The molecule has 1 amide bonds. The molecule has 1 aromatic heterocycles. The molecule has 0 saturated carbocycles. The van der Waals surface area contributed by atoms with Gasteiger partial charge in [0.1, 0.15) is 6.54 Å². The van der Waals surface area contributed by atoms with Crippen LogP contribution in [-0.4, -0.2) is 35.8 Å². The van der Waals surface area contributed by atoms with Crippen molar-refractivity contribution in [1.82, 2.24) is 9.97 Å². The number of aromatic amines is 1. The van der Waals surface area contributed by atoms with Gasteiger partial charge in [-0.15, -0.1) is 0 Å². The highest BCUT2D eigenvalue weighted by atomic mass is 16.7. The van der Waals surface area contributed by atoms with Gasteiger partial charge in [-0.2, -0.15) is 0 Å². The molecule has 4 rings (SSSR count). The Morgan fingerprint density at radius 3 is 2.90 bits per heavy atom. The second-order valence-electron chi connectivity index (χ2n) is 7.35. The van der Waals surface area contributed by atoms with E-state index < -0.39 is 0 Å². The molecule has 0 radical (unpaired) electrons. The number of aromatic nitrogens is 2. The maximum Gasteiger partial charge on any atom is 0.279 e. The highest BCUT2D eigenvalue weighted by Crippen LogP contribution is 2.34. The molecule has 0 aliphatic carbocycles. The zero-order valence-electron chi connectivity index (χ0n) is 16.9. The third kappa shape index (κ3) is 4.60. The molecule has 2 heterocycles. The molecule has 0 fully saturated rings. The molecule has 156 valence electrons. The minimum Gasteiger partial charge on any atom is -0.454 e. The van der Waals surface area contributed by atoms with E-state index in [-0.39, 0.29) is 24.8 Å². The van der Waals surface area contributed by atoms with Crippen molar-refractivity contribution in [3.63, 3.8) is 0 Å². The standard InChI is InChI=1S/C22H24N4O4/c1-2-3-10-26(12-20-24-17-7-5-4-6-16(17)22(28)25-20)13-21(27)23-15-8-9-18-19(11-15)30-14-29-18/h4-9,11H,2-3,10,12-14H2,1H3,(H,23,27)(H,24,25,28)/p+1. The monoisotopic (exact) mass is 409 g/mol. The first kappa shape index (κ1) is 19.9. The summed E-state index contributed by atoms with van der Waals surface area (Å²) in [6, 6.07) is 12.6. The van der Waals surface area contributed by atoms with E-state index in [1.165, 1.54) is 0 Å². The molecular formula is C22H25N4O4+. The molecule has 0 saturated heterocycles. The Kier molecular flexibility index (Phi) is 5.94. The molecule has 30 heavy (non-hydrogen) atoms. The van der Waals surface area contributed by atoms with E-state index in [1.807, 2.05) is 18.2 Å². The molecular weight excluding hydrogens is 384 g/mol. The highest BCUT2D eigenvalue weighted by Gasteiger charge is 2.18. The fraction of sp³-hybridized carbons (Fsp3) is 0.318. The summed E-state index contributed by atoms with van der Waals surface area (Å²) in [5, 5.41) is 3.48. The number of hydrogen-bond acceptors (Lipinski definition) is 5. The molecule has 1 atom stereocenters. The Hall–Kier alpha value is -3.39. The Labute approximate surface area is 173 Å². The summed E-state index contributed by atoms with van der Waals surface area (Å²) in [7, 11) is 0. The topological polar surface area (TPSA) is 97.8 Å². The lowest BCUT2D eigenvalue weighted by Crippen LogP contribution is -3.12. The van der Waals surface area contributed by atoms with E-state index in [1.54, 1.807) is 24.3 Å². The van der Waals surface area contributed by atoms with Crippen LogP contribution in [0.5, 0.6) is 11.5 Å². The average molecular weight is 409 g/mol. The lowest BCUT2D eigenvalue weighted by atomic mass is 10.2.